The average Bonchev–Trinajstić information content (AvgIpc) is 3.13. The summed E-state index contributed by atoms with van der Waals surface area (Å²) in [6.07, 6.45) is 2.85. The van der Waals surface area contributed by atoms with Crippen molar-refractivity contribution in [1.82, 2.24) is 5.32 Å². The van der Waals surface area contributed by atoms with Gasteiger partial charge >= 0.3 is 0 Å². The van der Waals surface area contributed by atoms with Gasteiger partial charge in [-0.15, -0.1) is 0 Å². The number of hydrogen-bond acceptors (Lipinski definition) is 2. The minimum atomic E-state index is 0.113. The first kappa shape index (κ1) is 12.6. The fourth-order valence-electron chi connectivity index (χ4n) is 2.23. The molecule has 0 aromatic heterocycles. The van der Waals surface area contributed by atoms with Crippen LogP contribution in [0.2, 0.25) is 0 Å². The maximum absolute atomic E-state index is 6.16. The monoisotopic (exact) mass is 232 g/mol. The molecule has 0 spiro atoms. The van der Waals surface area contributed by atoms with Gasteiger partial charge in [0.15, 0.2) is 0 Å². The van der Waals surface area contributed by atoms with Crippen LogP contribution in [0.3, 0.4) is 0 Å². The molecular formula is C15H24N2. The average molecular weight is 232 g/mol. The van der Waals surface area contributed by atoms with Crippen molar-refractivity contribution in [1.29, 1.82) is 0 Å². The molecule has 0 amide bonds. The molecule has 17 heavy (non-hydrogen) atoms. The molecule has 1 fully saturated rings. The van der Waals surface area contributed by atoms with Crippen LogP contribution >= 0.6 is 0 Å². The minimum Gasteiger partial charge on any atom is -0.323 e. The third-order valence-corrected chi connectivity index (χ3v) is 3.76. The Morgan fingerprint density at radius 1 is 1.24 bits per heavy atom. The Labute approximate surface area is 105 Å². The lowest BCUT2D eigenvalue weighted by molar-refractivity contribution is 0.450. The van der Waals surface area contributed by atoms with Gasteiger partial charge in [0, 0.05) is 12.6 Å². The van der Waals surface area contributed by atoms with E-state index < -0.39 is 0 Å². The van der Waals surface area contributed by atoms with E-state index in [1.807, 2.05) is 0 Å². The molecule has 0 saturated heterocycles. The molecule has 1 aromatic carbocycles. The van der Waals surface area contributed by atoms with Crippen LogP contribution in [0.25, 0.3) is 0 Å². The SMILES string of the molecule is Cc1ccc(C(N)CNCC(C)C2CC2)cc1. The van der Waals surface area contributed by atoms with Crippen LogP contribution in [0.4, 0.5) is 0 Å². The topological polar surface area (TPSA) is 38.0 Å². The van der Waals surface area contributed by atoms with E-state index in [1.165, 1.54) is 24.0 Å². The first-order valence-electron chi connectivity index (χ1n) is 6.69. The summed E-state index contributed by atoms with van der Waals surface area (Å²) in [6, 6.07) is 8.63. The van der Waals surface area contributed by atoms with E-state index in [0.717, 1.165) is 24.9 Å². The van der Waals surface area contributed by atoms with Crippen LogP contribution in [-0.4, -0.2) is 13.1 Å². The molecule has 2 unspecified atom stereocenters. The van der Waals surface area contributed by atoms with Gasteiger partial charge in [-0.25, -0.2) is 0 Å². The van der Waals surface area contributed by atoms with E-state index in [2.05, 4.69) is 43.4 Å². The predicted molar refractivity (Wildman–Crippen MR) is 72.9 cm³/mol. The summed E-state index contributed by atoms with van der Waals surface area (Å²) >= 11 is 0. The summed E-state index contributed by atoms with van der Waals surface area (Å²) in [4.78, 5) is 0. The highest BCUT2D eigenvalue weighted by Crippen LogP contribution is 2.36. The molecule has 3 N–H and O–H groups in total. The van der Waals surface area contributed by atoms with Crippen LogP contribution in [0.5, 0.6) is 0 Å². The summed E-state index contributed by atoms with van der Waals surface area (Å²) in [6.45, 7) is 6.41. The maximum Gasteiger partial charge on any atom is 0.0421 e. The van der Waals surface area contributed by atoms with Gasteiger partial charge in [-0.1, -0.05) is 36.8 Å². The number of hydrogen-bond donors (Lipinski definition) is 2. The van der Waals surface area contributed by atoms with Gasteiger partial charge in [0.25, 0.3) is 0 Å². The highest BCUT2D eigenvalue weighted by molar-refractivity contribution is 5.24. The van der Waals surface area contributed by atoms with Crippen molar-refractivity contribution >= 4 is 0 Å². The van der Waals surface area contributed by atoms with Crippen LogP contribution < -0.4 is 11.1 Å². The zero-order valence-electron chi connectivity index (χ0n) is 10.9. The van der Waals surface area contributed by atoms with Gasteiger partial charge in [-0.05, 0) is 43.7 Å². The lowest BCUT2D eigenvalue weighted by atomic mass is 10.0. The summed E-state index contributed by atoms with van der Waals surface area (Å²) < 4.78 is 0. The van der Waals surface area contributed by atoms with Gasteiger partial charge in [0.05, 0.1) is 0 Å². The molecule has 1 aromatic rings. The highest BCUT2D eigenvalue weighted by atomic mass is 14.9. The summed E-state index contributed by atoms with van der Waals surface area (Å²) in [5, 5.41) is 3.49. The first-order valence-corrected chi connectivity index (χ1v) is 6.69. The van der Waals surface area contributed by atoms with E-state index in [0.29, 0.717) is 0 Å². The number of nitrogens with two attached hydrogens (primary N) is 1. The van der Waals surface area contributed by atoms with Gasteiger partial charge in [0.2, 0.25) is 0 Å². The molecule has 1 aliphatic carbocycles. The molecule has 1 saturated carbocycles. The second-order valence-corrected chi connectivity index (χ2v) is 5.49. The fourth-order valence-corrected chi connectivity index (χ4v) is 2.23. The standard InChI is InChI=1S/C15H24N2/c1-11-3-5-14(6-4-11)15(16)10-17-9-12(2)13-7-8-13/h3-6,12-13,15,17H,7-10,16H2,1-2H3. The van der Waals surface area contributed by atoms with Crippen molar-refractivity contribution in [2.75, 3.05) is 13.1 Å². The molecule has 0 radical (unpaired) electrons. The van der Waals surface area contributed by atoms with Gasteiger partial charge < -0.3 is 11.1 Å². The molecule has 2 atom stereocenters. The quantitative estimate of drug-likeness (QED) is 0.791. The Kier molecular flexibility index (Phi) is 4.19. The highest BCUT2D eigenvalue weighted by Gasteiger charge is 2.27. The van der Waals surface area contributed by atoms with E-state index in [9.17, 15) is 0 Å². The minimum absolute atomic E-state index is 0.113. The number of nitrogens with one attached hydrogen (secondary N) is 1. The molecule has 0 heterocycles. The lowest BCUT2D eigenvalue weighted by Crippen LogP contribution is -2.30. The summed E-state index contributed by atoms with van der Waals surface area (Å²) in [7, 11) is 0. The zero-order chi connectivity index (χ0) is 12.3. The fraction of sp³-hybridized carbons (Fsp3) is 0.600. The van der Waals surface area contributed by atoms with Crippen LogP contribution in [0, 0.1) is 18.8 Å². The Bertz CT molecular complexity index is 340. The van der Waals surface area contributed by atoms with Crippen molar-refractivity contribution in [3.05, 3.63) is 35.4 Å². The molecule has 2 nitrogen and oxygen atoms in total. The Hall–Kier alpha value is -0.860. The Balaban J connectivity index is 1.72. The summed E-state index contributed by atoms with van der Waals surface area (Å²) in [5.41, 5.74) is 8.67. The normalized spacial score (nSPS) is 19.0. The molecule has 2 rings (SSSR count). The van der Waals surface area contributed by atoms with E-state index in [4.69, 9.17) is 5.73 Å². The van der Waals surface area contributed by atoms with Crippen LogP contribution in [-0.2, 0) is 0 Å². The summed E-state index contributed by atoms with van der Waals surface area (Å²) in [5.74, 6) is 1.78. The number of aryl methyl sites for hydroxylation is 1. The van der Waals surface area contributed by atoms with Crippen molar-refractivity contribution < 1.29 is 0 Å². The van der Waals surface area contributed by atoms with E-state index >= 15 is 0 Å². The van der Waals surface area contributed by atoms with Crippen LogP contribution in [0.1, 0.15) is 36.9 Å². The van der Waals surface area contributed by atoms with E-state index in [-0.39, 0.29) is 6.04 Å². The first-order chi connectivity index (χ1) is 8.16. The van der Waals surface area contributed by atoms with Gasteiger partial charge in [0.1, 0.15) is 0 Å². The number of benzene rings is 1. The van der Waals surface area contributed by atoms with Crippen molar-refractivity contribution in [2.24, 2.45) is 17.6 Å². The van der Waals surface area contributed by atoms with Gasteiger partial charge in [-0.2, -0.15) is 0 Å². The van der Waals surface area contributed by atoms with Crippen LogP contribution in [0.15, 0.2) is 24.3 Å². The van der Waals surface area contributed by atoms with Crippen molar-refractivity contribution in [2.45, 2.75) is 32.7 Å². The third kappa shape index (κ3) is 3.83. The molecule has 1 aliphatic rings. The molecule has 0 aliphatic heterocycles. The Morgan fingerprint density at radius 3 is 2.47 bits per heavy atom. The van der Waals surface area contributed by atoms with Crippen molar-refractivity contribution in [3.63, 3.8) is 0 Å². The largest absolute Gasteiger partial charge is 0.323 e. The molecule has 94 valence electrons. The third-order valence-electron chi connectivity index (χ3n) is 3.76. The Morgan fingerprint density at radius 2 is 1.88 bits per heavy atom. The second-order valence-electron chi connectivity index (χ2n) is 5.49. The number of rotatable bonds is 6. The molecule has 0 bridgehead atoms. The van der Waals surface area contributed by atoms with Crippen molar-refractivity contribution in [3.8, 4) is 0 Å². The maximum atomic E-state index is 6.16. The molecular weight excluding hydrogens is 208 g/mol. The predicted octanol–water partition coefficient (Wildman–Crippen LogP) is 2.63. The zero-order valence-corrected chi connectivity index (χ0v) is 10.9. The van der Waals surface area contributed by atoms with Gasteiger partial charge in [-0.3, -0.25) is 0 Å². The van der Waals surface area contributed by atoms with E-state index in [1.54, 1.807) is 0 Å². The lowest BCUT2D eigenvalue weighted by Gasteiger charge is -2.16. The smallest absolute Gasteiger partial charge is 0.0421 e. The second kappa shape index (κ2) is 5.65. The molecule has 2 heteroatoms.